The average molecular weight is 295 g/mol. The van der Waals surface area contributed by atoms with Crippen molar-refractivity contribution in [2.75, 3.05) is 6.54 Å². The molecule has 0 heterocycles. The maximum absolute atomic E-state index is 13.1. The Hall–Kier alpha value is -0.290. The average Bonchev–Trinajstić information content (AvgIpc) is 2.37. The van der Waals surface area contributed by atoms with Crippen molar-refractivity contribution in [1.29, 1.82) is 0 Å². The summed E-state index contributed by atoms with van der Waals surface area (Å²) >= 11 is 0. The normalized spacial score (nSPS) is 24.4. The highest BCUT2D eigenvalue weighted by molar-refractivity contribution is 4.94. The fourth-order valence-electron chi connectivity index (χ4n) is 3.15. The van der Waals surface area contributed by atoms with Crippen LogP contribution >= 0.6 is 0 Å². The minimum atomic E-state index is -4.64. The third-order valence-corrected chi connectivity index (χ3v) is 4.58. The van der Waals surface area contributed by atoms with Crippen molar-refractivity contribution in [3.63, 3.8) is 0 Å². The molecule has 1 saturated carbocycles. The van der Waals surface area contributed by atoms with Crippen molar-refractivity contribution in [2.24, 2.45) is 11.7 Å². The van der Waals surface area contributed by atoms with Crippen LogP contribution in [0.2, 0.25) is 0 Å². The molecule has 2 nitrogen and oxygen atoms in total. The topological polar surface area (TPSA) is 46.2 Å². The highest BCUT2D eigenvalue weighted by Gasteiger charge is 2.56. The highest BCUT2D eigenvalue weighted by atomic mass is 19.4. The predicted molar refractivity (Wildman–Crippen MR) is 74.3 cm³/mol. The first kappa shape index (κ1) is 17.8. The molecule has 1 aliphatic rings. The molecule has 0 spiro atoms. The molecule has 0 aromatic carbocycles. The van der Waals surface area contributed by atoms with Crippen LogP contribution < -0.4 is 5.73 Å². The Kier molecular flexibility index (Phi) is 7.30. The summed E-state index contributed by atoms with van der Waals surface area (Å²) in [6, 6.07) is 0. The van der Waals surface area contributed by atoms with Crippen molar-refractivity contribution in [1.82, 2.24) is 0 Å². The summed E-state index contributed by atoms with van der Waals surface area (Å²) in [5.41, 5.74) is 2.56. The summed E-state index contributed by atoms with van der Waals surface area (Å²) in [5, 5.41) is 10.0. The summed E-state index contributed by atoms with van der Waals surface area (Å²) in [6.07, 6.45) is 5.37. The number of alkyl halides is 3. The summed E-state index contributed by atoms with van der Waals surface area (Å²) in [4.78, 5) is 0. The molecule has 0 bridgehead atoms. The number of hydrogen-bond donors (Lipinski definition) is 2. The molecular weight excluding hydrogens is 267 g/mol. The number of halogens is 3. The Balaban J connectivity index is 2.70. The molecule has 20 heavy (non-hydrogen) atoms. The summed E-state index contributed by atoms with van der Waals surface area (Å²) < 4.78 is 39.4. The zero-order valence-electron chi connectivity index (χ0n) is 12.2. The Labute approximate surface area is 119 Å². The standard InChI is InChI=1S/C15H28F3NO/c16-15(17,18)14(20,12-19)13-10-8-6-4-2-1-3-5-7-9-11-13/h13,20H,1-12,19H2. The molecule has 1 aliphatic carbocycles. The largest absolute Gasteiger partial charge is 0.418 e. The minimum absolute atomic E-state index is 0.424. The number of hydrogen-bond acceptors (Lipinski definition) is 2. The maximum Gasteiger partial charge on any atom is 0.418 e. The lowest BCUT2D eigenvalue weighted by Gasteiger charge is -2.37. The molecule has 5 heteroatoms. The Bertz CT molecular complexity index is 258. The second-order valence-corrected chi connectivity index (χ2v) is 6.08. The summed E-state index contributed by atoms with van der Waals surface area (Å²) in [6.45, 7) is -0.735. The van der Waals surface area contributed by atoms with Crippen molar-refractivity contribution in [2.45, 2.75) is 82.4 Å². The van der Waals surface area contributed by atoms with Gasteiger partial charge in [-0.1, -0.05) is 57.8 Å². The van der Waals surface area contributed by atoms with Crippen LogP contribution in [0.3, 0.4) is 0 Å². The van der Waals surface area contributed by atoms with E-state index in [1.165, 1.54) is 19.3 Å². The van der Waals surface area contributed by atoms with E-state index in [2.05, 4.69) is 0 Å². The molecule has 1 atom stereocenters. The van der Waals surface area contributed by atoms with Crippen LogP contribution in [0.15, 0.2) is 0 Å². The van der Waals surface area contributed by atoms with Gasteiger partial charge in [-0.3, -0.25) is 0 Å². The van der Waals surface area contributed by atoms with E-state index in [-0.39, 0.29) is 0 Å². The van der Waals surface area contributed by atoms with Gasteiger partial charge in [0.1, 0.15) is 0 Å². The zero-order chi connectivity index (χ0) is 15.1. The molecule has 0 aromatic heterocycles. The summed E-state index contributed by atoms with van der Waals surface area (Å²) in [7, 11) is 0. The van der Waals surface area contributed by atoms with E-state index >= 15 is 0 Å². The molecule has 0 radical (unpaired) electrons. The molecule has 1 unspecified atom stereocenters. The Morgan fingerprint density at radius 1 is 0.800 bits per heavy atom. The zero-order valence-corrected chi connectivity index (χ0v) is 12.2. The van der Waals surface area contributed by atoms with Gasteiger partial charge in [-0.05, 0) is 18.8 Å². The molecule has 0 saturated heterocycles. The number of aliphatic hydroxyl groups is 1. The smallest absolute Gasteiger partial charge is 0.379 e. The second kappa shape index (κ2) is 8.23. The van der Waals surface area contributed by atoms with Gasteiger partial charge in [0.05, 0.1) is 0 Å². The second-order valence-electron chi connectivity index (χ2n) is 6.08. The van der Waals surface area contributed by atoms with E-state index in [1.807, 2.05) is 0 Å². The lowest BCUT2D eigenvalue weighted by Crippen LogP contribution is -2.56. The van der Waals surface area contributed by atoms with Crippen LogP contribution in [-0.2, 0) is 0 Å². The van der Waals surface area contributed by atoms with Crippen LogP contribution in [0.1, 0.15) is 70.6 Å². The molecule has 0 aromatic rings. The SMILES string of the molecule is NCC(O)(C1CCCCCCCCCCC1)C(F)(F)F. The summed E-state index contributed by atoms with van der Waals surface area (Å²) in [5.74, 6) is -0.757. The van der Waals surface area contributed by atoms with Crippen molar-refractivity contribution < 1.29 is 18.3 Å². The third-order valence-electron chi connectivity index (χ3n) is 4.58. The maximum atomic E-state index is 13.1. The van der Waals surface area contributed by atoms with Gasteiger partial charge >= 0.3 is 6.18 Å². The molecule has 0 aliphatic heterocycles. The minimum Gasteiger partial charge on any atom is -0.379 e. The fraction of sp³-hybridized carbons (Fsp3) is 1.00. The number of rotatable bonds is 2. The lowest BCUT2D eigenvalue weighted by molar-refractivity contribution is -0.277. The van der Waals surface area contributed by atoms with Crippen LogP contribution in [-0.4, -0.2) is 23.4 Å². The first-order valence-corrected chi connectivity index (χ1v) is 7.91. The van der Waals surface area contributed by atoms with Crippen molar-refractivity contribution in [3.8, 4) is 0 Å². The monoisotopic (exact) mass is 295 g/mol. The highest BCUT2D eigenvalue weighted by Crippen LogP contribution is 2.40. The van der Waals surface area contributed by atoms with Crippen molar-refractivity contribution >= 4 is 0 Å². The van der Waals surface area contributed by atoms with E-state index in [1.54, 1.807) is 0 Å². The van der Waals surface area contributed by atoms with Crippen LogP contribution in [0, 0.1) is 5.92 Å². The predicted octanol–water partition coefficient (Wildman–Crippen LogP) is 4.16. The first-order chi connectivity index (χ1) is 9.42. The van der Waals surface area contributed by atoms with E-state index in [4.69, 9.17) is 5.73 Å². The van der Waals surface area contributed by atoms with E-state index in [9.17, 15) is 18.3 Å². The third kappa shape index (κ3) is 4.92. The van der Waals surface area contributed by atoms with Gasteiger partial charge in [0.25, 0.3) is 0 Å². The van der Waals surface area contributed by atoms with Gasteiger partial charge in [-0.15, -0.1) is 0 Å². The molecular formula is C15H28F3NO. The quantitative estimate of drug-likeness (QED) is 0.803. The van der Waals surface area contributed by atoms with Crippen LogP contribution in [0.5, 0.6) is 0 Å². The molecule has 3 N–H and O–H groups in total. The van der Waals surface area contributed by atoms with Gasteiger partial charge in [-0.2, -0.15) is 13.2 Å². The van der Waals surface area contributed by atoms with Crippen molar-refractivity contribution in [3.05, 3.63) is 0 Å². The van der Waals surface area contributed by atoms with Gasteiger partial charge in [0.2, 0.25) is 0 Å². The Morgan fingerprint density at radius 2 is 1.15 bits per heavy atom. The number of nitrogens with two attached hydrogens (primary N) is 1. The first-order valence-electron chi connectivity index (χ1n) is 7.91. The van der Waals surface area contributed by atoms with Gasteiger partial charge in [-0.25, -0.2) is 0 Å². The Morgan fingerprint density at radius 3 is 1.45 bits per heavy atom. The van der Waals surface area contributed by atoms with E-state index in [0.29, 0.717) is 12.8 Å². The van der Waals surface area contributed by atoms with E-state index in [0.717, 1.165) is 38.5 Å². The fourth-order valence-corrected chi connectivity index (χ4v) is 3.15. The molecule has 1 rings (SSSR count). The van der Waals surface area contributed by atoms with E-state index < -0.39 is 24.2 Å². The molecule has 0 amide bonds. The van der Waals surface area contributed by atoms with Crippen LogP contribution in [0.25, 0.3) is 0 Å². The van der Waals surface area contributed by atoms with Gasteiger partial charge in [0, 0.05) is 6.54 Å². The molecule has 1 fully saturated rings. The van der Waals surface area contributed by atoms with Crippen LogP contribution in [0.4, 0.5) is 13.2 Å². The van der Waals surface area contributed by atoms with Gasteiger partial charge < -0.3 is 10.8 Å². The van der Waals surface area contributed by atoms with Gasteiger partial charge in [0.15, 0.2) is 5.60 Å². The molecule has 120 valence electrons. The lowest BCUT2D eigenvalue weighted by atomic mass is 9.79.